The number of rotatable bonds is 3. The monoisotopic (exact) mass is 383 g/mol. The number of hydrogen-bond donors (Lipinski definition) is 3. The number of carbonyl (C=O) groups is 2. The van der Waals surface area contributed by atoms with E-state index in [2.05, 4.69) is 10.3 Å². The normalized spacial score (nSPS) is 25.4. The molecule has 3 N–H and O–H groups in total. The van der Waals surface area contributed by atoms with Crippen molar-refractivity contribution in [1.29, 1.82) is 0 Å². The summed E-state index contributed by atoms with van der Waals surface area (Å²) in [5.74, 6) is -4.12. The molecule has 1 aromatic heterocycles. The number of halogens is 4. The first-order valence-electron chi connectivity index (χ1n) is 7.71. The minimum Gasteiger partial charge on any atom is -0.363 e. The van der Waals surface area contributed by atoms with Crippen molar-refractivity contribution in [2.75, 3.05) is 0 Å². The number of pyridine rings is 1. The van der Waals surface area contributed by atoms with Crippen molar-refractivity contribution in [3.63, 3.8) is 0 Å². The molecule has 142 valence electrons. The average Bonchev–Trinajstić information content (AvgIpc) is 2.60. The van der Waals surface area contributed by atoms with Crippen LogP contribution in [0.5, 0.6) is 0 Å². The van der Waals surface area contributed by atoms with Crippen LogP contribution in [0.3, 0.4) is 0 Å². The van der Waals surface area contributed by atoms with Crippen LogP contribution < -0.4 is 10.6 Å². The summed E-state index contributed by atoms with van der Waals surface area (Å²) in [7, 11) is 0. The second kappa shape index (κ2) is 6.62. The predicted molar refractivity (Wildman–Crippen MR) is 83.9 cm³/mol. The van der Waals surface area contributed by atoms with E-state index in [0.29, 0.717) is 0 Å². The van der Waals surface area contributed by atoms with Crippen molar-refractivity contribution in [2.45, 2.75) is 17.9 Å². The Bertz CT molecular complexity index is 875. The maximum atomic E-state index is 13.7. The van der Waals surface area contributed by atoms with Crippen LogP contribution >= 0.6 is 0 Å². The molecule has 1 fully saturated rings. The molecule has 0 spiro atoms. The van der Waals surface area contributed by atoms with E-state index in [1.54, 1.807) is 0 Å². The van der Waals surface area contributed by atoms with Crippen LogP contribution in [0, 0.1) is 11.7 Å². The zero-order chi connectivity index (χ0) is 19.8. The zero-order valence-corrected chi connectivity index (χ0v) is 13.5. The Morgan fingerprint density at radius 1 is 1.22 bits per heavy atom. The molecule has 10 heteroatoms. The second-order valence-electron chi connectivity index (χ2n) is 5.98. The lowest BCUT2D eigenvalue weighted by atomic mass is 9.77. The molecule has 27 heavy (non-hydrogen) atoms. The highest BCUT2D eigenvalue weighted by Gasteiger charge is 2.66. The summed E-state index contributed by atoms with van der Waals surface area (Å²) in [6.07, 6.45) is -3.02. The van der Waals surface area contributed by atoms with Crippen LogP contribution in [0.4, 0.5) is 22.4 Å². The maximum absolute atomic E-state index is 13.7. The summed E-state index contributed by atoms with van der Waals surface area (Å²) < 4.78 is 54.6. The number of nitrogens with zero attached hydrogens (tertiary/aromatic N) is 1. The highest BCUT2D eigenvalue weighted by atomic mass is 19.4. The lowest BCUT2D eigenvalue weighted by molar-refractivity contribution is -0.287. The number of carbonyl (C=O) groups excluding carboxylic acids is 2. The van der Waals surface area contributed by atoms with Crippen molar-refractivity contribution in [1.82, 2.24) is 15.6 Å². The first-order chi connectivity index (χ1) is 12.6. The van der Waals surface area contributed by atoms with Crippen molar-refractivity contribution >= 4 is 11.8 Å². The average molecular weight is 383 g/mol. The fourth-order valence-corrected chi connectivity index (χ4v) is 3.00. The Hall–Kier alpha value is -3.01. The SMILES string of the molecule is O=C1N[C@H](c2cccc(F)c2)[C@@H](C(=O)c2cccnc2)[C@@](O)(C(F)(F)F)N1. The number of alkyl halides is 3. The smallest absolute Gasteiger partial charge is 0.363 e. The van der Waals surface area contributed by atoms with Gasteiger partial charge in [-0.15, -0.1) is 0 Å². The van der Waals surface area contributed by atoms with Crippen molar-refractivity contribution in [3.05, 3.63) is 65.7 Å². The van der Waals surface area contributed by atoms with E-state index < -0.39 is 41.5 Å². The van der Waals surface area contributed by atoms with E-state index in [9.17, 15) is 32.3 Å². The molecule has 1 aliphatic rings. The number of aliphatic hydroxyl groups is 1. The lowest BCUT2D eigenvalue weighted by Gasteiger charge is -2.45. The van der Waals surface area contributed by atoms with Gasteiger partial charge in [-0.1, -0.05) is 12.1 Å². The van der Waals surface area contributed by atoms with Gasteiger partial charge in [0.1, 0.15) is 11.7 Å². The summed E-state index contributed by atoms with van der Waals surface area (Å²) in [4.78, 5) is 28.3. The number of amides is 2. The fourth-order valence-electron chi connectivity index (χ4n) is 3.00. The highest BCUT2D eigenvalue weighted by Crippen LogP contribution is 2.43. The molecule has 0 radical (unpaired) electrons. The molecule has 2 amide bonds. The maximum Gasteiger partial charge on any atom is 0.437 e. The van der Waals surface area contributed by atoms with Crippen molar-refractivity contribution < 1.29 is 32.3 Å². The van der Waals surface area contributed by atoms with Gasteiger partial charge in [0, 0.05) is 18.0 Å². The molecule has 1 saturated heterocycles. The molecule has 0 bridgehead atoms. The summed E-state index contributed by atoms with van der Waals surface area (Å²) in [6, 6.07) is 4.00. The topological polar surface area (TPSA) is 91.3 Å². The number of nitrogens with one attached hydrogen (secondary N) is 2. The molecule has 2 aromatic rings. The van der Waals surface area contributed by atoms with Crippen LogP contribution in [0.25, 0.3) is 0 Å². The number of ketones is 1. The molecule has 3 rings (SSSR count). The van der Waals surface area contributed by atoms with Gasteiger partial charge in [0.2, 0.25) is 5.72 Å². The Balaban J connectivity index is 2.17. The van der Waals surface area contributed by atoms with E-state index in [1.165, 1.54) is 35.8 Å². The molecule has 0 aliphatic carbocycles. The third kappa shape index (κ3) is 3.35. The molecular weight excluding hydrogens is 370 g/mol. The quantitative estimate of drug-likeness (QED) is 0.561. The molecule has 2 heterocycles. The molecule has 0 unspecified atom stereocenters. The van der Waals surface area contributed by atoms with E-state index >= 15 is 0 Å². The first kappa shape index (κ1) is 18.8. The minimum absolute atomic E-state index is 0.102. The largest absolute Gasteiger partial charge is 0.437 e. The molecule has 6 nitrogen and oxygen atoms in total. The van der Waals surface area contributed by atoms with Crippen molar-refractivity contribution in [2.24, 2.45) is 5.92 Å². The third-order valence-corrected chi connectivity index (χ3v) is 4.24. The van der Waals surface area contributed by atoms with Gasteiger partial charge < -0.3 is 15.7 Å². The van der Waals surface area contributed by atoms with Crippen LogP contribution in [-0.2, 0) is 0 Å². The predicted octanol–water partition coefficient (Wildman–Crippen LogP) is 2.32. The second-order valence-corrected chi connectivity index (χ2v) is 5.98. The molecule has 1 aromatic carbocycles. The Labute approximate surface area is 150 Å². The number of benzene rings is 1. The van der Waals surface area contributed by atoms with Gasteiger partial charge in [-0.05, 0) is 29.8 Å². The van der Waals surface area contributed by atoms with Crippen LogP contribution in [0.2, 0.25) is 0 Å². The van der Waals surface area contributed by atoms with Gasteiger partial charge in [-0.3, -0.25) is 9.78 Å². The van der Waals surface area contributed by atoms with Gasteiger partial charge in [0.05, 0.1) is 6.04 Å². The van der Waals surface area contributed by atoms with Crippen molar-refractivity contribution in [3.8, 4) is 0 Å². The molecule has 1 aliphatic heterocycles. The molecule has 3 atom stereocenters. The zero-order valence-electron chi connectivity index (χ0n) is 13.5. The van der Waals surface area contributed by atoms with E-state index in [4.69, 9.17) is 0 Å². The summed E-state index contributed by atoms with van der Waals surface area (Å²) in [6.45, 7) is 0. The molecular formula is C17H13F4N3O3. The number of hydrogen-bond acceptors (Lipinski definition) is 4. The van der Waals surface area contributed by atoms with Gasteiger partial charge in [0.25, 0.3) is 0 Å². The lowest BCUT2D eigenvalue weighted by Crippen LogP contribution is -2.72. The van der Waals surface area contributed by atoms with Crippen LogP contribution in [-0.4, -0.2) is 33.8 Å². The van der Waals surface area contributed by atoms with Gasteiger partial charge in [0.15, 0.2) is 5.78 Å². The summed E-state index contributed by atoms with van der Waals surface area (Å²) in [5, 5.41) is 13.9. The van der Waals surface area contributed by atoms with Crippen LogP contribution in [0.15, 0.2) is 48.8 Å². The Morgan fingerprint density at radius 3 is 2.56 bits per heavy atom. The highest BCUT2D eigenvalue weighted by molar-refractivity contribution is 6.00. The van der Waals surface area contributed by atoms with E-state index in [0.717, 1.165) is 18.3 Å². The first-order valence-corrected chi connectivity index (χ1v) is 7.71. The number of urea groups is 1. The standard InChI is InChI=1S/C17H13F4N3O3/c18-11-5-1-3-9(7-11)13-12(14(25)10-4-2-6-22-8-10)16(27,17(19,20)21)24-15(26)23-13/h1-8,12-13,27H,(H2,23,24,26)/t12-,13+,16+/m0/s1. The van der Waals surface area contributed by atoms with E-state index in [-0.39, 0.29) is 11.1 Å². The van der Waals surface area contributed by atoms with Gasteiger partial charge in [-0.2, -0.15) is 13.2 Å². The fraction of sp³-hybridized carbons (Fsp3) is 0.235. The molecule has 0 saturated carbocycles. The third-order valence-electron chi connectivity index (χ3n) is 4.24. The summed E-state index contributed by atoms with van der Waals surface area (Å²) in [5.41, 5.74) is -4.17. The summed E-state index contributed by atoms with van der Waals surface area (Å²) >= 11 is 0. The Morgan fingerprint density at radius 2 is 1.96 bits per heavy atom. The van der Waals surface area contributed by atoms with Gasteiger partial charge >= 0.3 is 12.2 Å². The number of aromatic nitrogens is 1. The van der Waals surface area contributed by atoms with Crippen LogP contribution in [0.1, 0.15) is 22.0 Å². The number of Topliss-reactive ketones (excluding diaryl/α,β-unsaturated/α-hetero) is 1. The van der Waals surface area contributed by atoms with E-state index in [1.807, 2.05) is 0 Å². The Kier molecular flexibility index (Phi) is 4.60. The minimum atomic E-state index is -5.38. The van der Waals surface area contributed by atoms with Gasteiger partial charge in [-0.25, -0.2) is 9.18 Å².